The number of nitrogens with zero attached hydrogens (tertiary/aromatic N) is 1. The smallest absolute Gasteiger partial charge is 0.249 e. The number of hydrogen-bond acceptors (Lipinski definition) is 4. The van der Waals surface area contributed by atoms with E-state index in [9.17, 15) is 4.79 Å². The van der Waals surface area contributed by atoms with Gasteiger partial charge in [-0.1, -0.05) is 30.3 Å². The van der Waals surface area contributed by atoms with Gasteiger partial charge in [0.25, 0.3) is 0 Å². The van der Waals surface area contributed by atoms with Gasteiger partial charge in [-0.15, -0.1) is 11.3 Å². The number of carbonyl (C=O) groups is 1. The van der Waals surface area contributed by atoms with Crippen LogP contribution in [0.4, 0.5) is 0 Å². The largest absolute Gasteiger partial charge is 0.366 e. The minimum atomic E-state index is -0.358. The predicted molar refractivity (Wildman–Crippen MR) is 102 cm³/mol. The summed E-state index contributed by atoms with van der Waals surface area (Å²) in [7, 11) is 0. The highest BCUT2D eigenvalue weighted by Gasteiger charge is 2.53. The van der Waals surface area contributed by atoms with Crippen molar-refractivity contribution in [2.45, 2.75) is 44.0 Å². The van der Waals surface area contributed by atoms with E-state index in [1.54, 1.807) is 11.3 Å². The number of rotatable bonds is 5. The van der Waals surface area contributed by atoms with E-state index in [-0.39, 0.29) is 17.6 Å². The first-order valence-electron chi connectivity index (χ1n) is 9.50. The summed E-state index contributed by atoms with van der Waals surface area (Å²) in [6, 6.07) is 12.8. The first-order chi connectivity index (χ1) is 12.7. The molecule has 2 atom stereocenters. The van der Waals surface area contributed by atoms with Crippen molar-refractivity contribution in [3.05, 3.63) is 57.8 Å². The summed E-state index contributed by atoms with van der Waals surface area (Å²) in [4.78, 5) is 16.4. The Balaban J connectivity index is 1.33. The second kappa shape index (κ2) is 6.48. The van der Waals surface area contributed by atoms with E-state index in [0.717, 1.165) is 25.4 Å². The fourth-order valence-corrected chi connectivity index (χ4v) is 5.08. The van der Waals surface area contributed by atoms with E-state index in [1.807, 2.05) is 17.5 Å². The second-order valence-electron chi connectivity index (χ2n) is 7.81. The number of benzene rings is 1. The Labute approximate surface area is 158 Å². The number of carbonyl (C=O) groups excluding carboxylic acids is 1. The Morgan fingerprint density at radius 3 is 2.96 bits per heavy atom. The molecule has 0 radical (unpaired) electrons. The lowest BCUT2D eigenvalue weighted by molar-refractivity contribution is -0.130. The zero-order chi connectivity index (χ0) is 17.6. The monoisotopic (exact) mass is 368 g/mol. The molecule has 1 saturated heterocycles. The maximum absolute atomic E-state index is 12.7. The van der Waals surface area contributed by atoms with Gasteiger partial charge in [-0.2, -0.15) is 0 Å². The van der Waals surface area contributed by atoms with E-state index in [1.165, 1.54) is 28.8 Å². The molecule has 5 heteroatoms. The third-order valence-electron chi connectivity index (χ3n) is 6.02. The highest BCUT2D eigenvalue weighted by molar-refractivity contribution is 7.09. The van der Waals surface area contributed by atoms with Gasteiger partial charge in [0.05, 0.1) is 18.7 Å². The van der Waals surface area contributed by atoms with Gasteiger partial charge in [0.2, 0.25) is 5.91 Å². The Hall–Kier alpha value is -1.69. The number of fused-ring (bicyclic) bond motifs is 2. The Bertz CT molecular complexity index is 802. The van der Waals surface area contributed by atoms with Crippen molar-refractivity contribution >= 4 is 17.2 Å². The summed E-state index contributed by atoms with van der Waals surface area (Å²) < 4.78 is 6.06. The van der Waals surface area contributed by atoms with Crippen molar-refractivity contribution in [3.8, 4) is 0 Å². The molecule has 2 fully saturated rings. The van der Waals surface area contributed by atoms with E-state index in [2.05, 4.69) is 34.5 Å². The van der Waals surface area contributed by atoms with Gasteiger partial charge in [-0.05, 0) is 41.3 Å². The summed E-state index contributed by atoms with van der Waals surface area (Å²) in [5.41, 5.74) is 2.65. The number of amides is 1. The second-order valence-corrected chi connectivity index (χ2v) is 8.85. The van der Waals surface area contributed by atoms with Crippen LogP contribution >= 0.6 is 11.3 Å². The average molecular weight is 369 g/mol. The number of nitrogens with one attached hydrogen (secondary N) is 1. The summed E-state index contributed by atoms with van der Waals surface area (Å²) in [6.07, 6.45) is 3.08. The molecule has 1 saturated carbocycles. The van der Waals surface area contributed by atoms with Gasteiger partial charge < -0.3 is 10.1 Å². The van der Waals surface area contributed by atoms with Crippen LogP contribution in [0.2, 0.25) is 0 Å². The molecule has 1 amide bonds. The van der Waals surface area contributed by atoms with Gasteiger partial charge in [0.1, 0.15) is 6.10 Å². The highest BCUT2D eigenvalue weighted by atomic mass is 32.1. The van der Waals surface area contributed by atoms with Crippen molar-refractivity contribution in [2.24, 2.45) is 5.92 Å². The first-order valence-corrected chi connectivity index (χ1v) is 10.4. The zero-order valence-electron chi connectivity index (χ0n) is 14.8. The molecule has 1 aromatic heterocycles. The van der Waals surface area contributed by atoms with Crippen LogP contribution in [0.15, 0.2) is 41.8 Å². The number of hydrogen-bond donors (Lipinski definition) is 1. The molecule has 5 rings (SSSR count). The van der Waals surface area contributed by atoms with Gasteiger partial charge >= 0.3 is 0 Å². The van der Waals surface area contributed by atoms with Crippen molar-refractivity contribution in [1.82, 2.24) is 10.2 Å². The van der Waals surface area contributed by atoms with Crippen molar-refractivity contribution in [1.29, 1.82) is 0 Å². The lowest BCUT2D eigenvalue weighted by atomic mass is 9.86. The summed E-state index contributed by atoms with van der Waals surface area (Å²) in [5, 5.41) is 5.09. The zero-order valence-corrected chi connectivity index (χ0v) is 15.6. The number of thiophene rings is 1. The lowest BCUT2D eigenvalue weighted by Crippen LogP contribution is -2.43. The van der Waals surface area contributed by atoms with Gasteiger partial charge in [0, 0.05) is 24.4 Å². The first kappa shape index (κ1) is 16.5. The van der Waals surface area contributed by atoms with Crippen molar-refractivity contribution < 1.29 is 9.53 Å². The molecule has 1 N–H and O–H groups in total. The van der Waals surface area contributed by atoms with E-state index >= 15 is 0 Å². The molecule has 0 bridgehead atoms. The molecular formula is C21H24N2O2S. The molecule has 26 heavy (non-hydrogen) atoms. The predicted octanol–water partition coefficient (Wildman–Crippen LogP) is 3.27. The molecule has 2 aromatic rings. The van der Waals surface area contributed by atoms with Crippen LogP contribution in [0.5, 0.6) is 0 Å². The number of ether oxygens (including phenoxy) is 1. The van der Waals surface area contributed by atoms with E-state index in [4.69, 9.17) is 4.74 Å². The molecule has 1 spiro atoms. The van der Waals surface area contributed by atoms with Crippen molar-refractivity contribution in [3.63, 3.8) is 0 Å². The van der Waals surface area contributed by atoms with Crippen LogP contribution in [0.25, 0.3) is 0 Å². The molecule has 2 aliphatic heterocycles. The average Bonchev–Trinajstić information content (AvgIpc) is 3.09. The molecule has 2 unspecified atom stereocenters. The van der Waals surface area contributed by atoms with Crippen molar-refractivity contribution in [2.75, 3.05) is 13.2 Å². The molecule has 136 valence electrons. The quantitative estimate of drug-likeness (QED) is 0.881. The van der Waals surface area contributed by atoms with Crippen LogP contribution in [0, 0.1) is 5.92 Å². The summed E-state index contributed by atoms with van der Waals surface area (Å²) >= 11 is 1.67. The molecule has 3 heterocycles. The van der Waals surface area contributed by atoms with Crippen LogP contribution in [0.1, 0.15) is 35.3 Å². The van der Waals surface area contributed by atoms with Crippen LogP contribution in [-0.2, 0) is 28.2 Å². The van der Waals surface area contributed by atoms with Gasteiger partial charge in [0.15, 0.2) is 0 Å². The Morgan fingerprint density at radius 2 is 2.15 bits per heavy atom. The normalized spacial score (nSPS) is 27.8. The van der Waals surface area contributed by atoms with Crippen LogP contribution < -0.4 is 5.32 Å². The van der Waals surface area contributed by atoms with Crippen LogP contribution in [-0.4, -0.2) is 30.1 Å². The van der Waals surface area contributed by atoms with E-state index in [0.29, 0.717) is 13.2 Å². The fourth-order valence-electron chi connectivity index (χ4n) is 4.43. The molecule has 4 nitrogen and oxygen atoms in total. The Kier molecular flexibility index (Phi) is 4.11. The SMILES string of the molecule is O=C(NCc1cccs1)C1CC2(CO1)c1ccccc1CN2CC1CC1. The fraction of sp³-hybridized carbons (Fsp3) is 0.476. The topological polar surface area (TPSA) is 41.6 Å². The van der Waals surface area contributed by atoms with Crippen LogP contribution in [0.3, 0.4) is 0 Å². The molecule has 1 aromatic carbocycles. The third kappa shape index (κ3) is 2.88. The van der Waals surface area contributed by atoms with E-state index < -0.39 is 0 Å². The maximum atomic E-state index is 12.7. The maximum Gasteiger partial charge on any atom is 0.249 e. The standard InChI is InChI=1S/C21H24N2O2S/c24-20(22-11-17-5-3-9-26-17)19-10-21(14-25-19)18-6-2-1-4-16(18)13-23(21)12-15-7-8-15/h1-6,9,15,19H,7-8,10-14H2,(H,22,24). The minimum Gasteiger partial charge on any atom is -0.366 e. The third-order valence-corrected chi connectivity index (χ3v) is 6.89. The summed E-state index contributed by atoms with van der Waals surface area (Å²) in [5.74, 6) is 0.846. The highest BCUT2D eigenvalue weighted by Crippen LogP contribution is 2.48. The molecular weight excluding hydrogens is 344 g/mol. The lowest BCUT2D eigenvalue weighted by Gasteiger charge is -2.34. The molecule has 1 aliphatic carbocycles. The van der Waals surface area contributed by atoms with Gasteiger partial charge in [-0.3, -0.25) is 9.69 Å². The Morgan fingerprint density at radius 1 is 1.27 bits per heavy atom. The molecule has 3 aliphatic rings. The summed E-state index contributed by atoms with van der Waals surface area (Å²) in [6.45, 7) is 3.32. The minimum absolute atomic E-state index is 0.0195. The van der Waals surface area contributed by atoms with Gasteiger partial charge in [-0.25, -0.2) is 0 Å².